The summed E-state index contributed by atoms with van der Waals surface area (Å²) in [6.07, 6.45) is 6.99. The van der Waals surface area contributed by atoms with Crippen molar-refractivity contribution in [2.24, 2.45) is 0 Å². The highest BCUT2D eigenvalue weighted by Crippen LogP contribution is 2.57. The van der Waals surface area contributed by atoms with Gasteiger partial charge < -0.3 is 14.7 Å². The van der Waals surface area contributed by atoms with E-state index in [9.17, 15) is 0 Å². The summed E-state index contributed by atoms with van der Waals surface area (Å²) >= 11 is 2.03. The molecule has 9 aromatic carbocycles. The van der Waals surface area contributed by atoms with Crippen LogP contribution in [-0.4, -0.2) is 6.71 Å². The van der Waals surface area contributed by atoms with E-state index in [1.165, 1.54) is 158 Å². The second-order valence-corrected chi connectivity index (χ2v) is 31.7. The SMILES string of the molecule is Cc1ccccc1-c1ccc2c(c1)B1c3ccc4c(sc5cc6c(cc54)C(C)(C)CCC6(C)C)c3N(c3cc4c(cc3C)C(C)(C)CCC4(C)C)c3cc(N(c4ccccc4)c4ccccc4)cc(c31)N2c1cc2c(cc1C)C(C)(C)CCC2(C)C. The maximum absolute atomic E-state index is 2.81. The lowest BCUT2D eigenvalue weighted by molar-refractivity contribution is 0.332. The summed E-state index contributed by atoms with van der Waals surface area (Å²) in [6, 6.07) is 64.7. The van der Waals surface area contributed by atoms with Crippen molar-refractivity contribution >= 4 is 106 Å². The van der Waals surface area contributed by atoms with Gasteiger partial charge in [-0.1, -0.05) is 180 Å². The monoisotopic (exact) mass is 1140 g/mol. The van der Waals surface area contributed by atoms with E-state index in [4.69, 9.17) is 0 Å². The summed E-state index contributed by atoms with van der Waals surface area (Å²) in [5.74, 6) is 0. The molecule has 3 aliphatic carbocycles. The number of benzene rings is 9. The Morgan fingerprint density at radius 3 is 1.37 bits per heavy atom. The zero-order valence-electron chi connectivity index (χ0n) is 53.7. The van der Waals surface area contributed by atoms with Crippen LogP contribution in [0.1, 0.15) is 172 Å². The molecule has 3 nitrogen and oxygen atoms in total. The van der Waals surface area contributed by atoms with E-state index in [1.807, 2.05) is 11.3 Å². The van der Waals surface area contributed by atoms with Gasteiger partial charge in [-0.15, -0.1) is 11.3 Å². The van der Waals surface area contributed by atoms with Crippen molar-refractivity contribution in [3.8, 4) is 11.1 Å². The van der Waals surface area contributed by atoms with E-state index < -0.39 is 0 Å². The lowest BCUT2D eigenvalue weighted by atomic mass is 9.33. The van der Waals surface area contributed by atoms with Gasteiger partial charge in [0.25, 0.3) is 6.71 Å². The Kier molecular flexibility index (Phi) is 12.1. The van der Waals surface area contributed by atoms with Gasteiger partial charge >= 0.3 is 0 Å². The molecule has 432 valence electrons. The first-order valence-corrected chi connectivity index (χ1v) is 32.9. The summed E-state index contributed by atoms with van der Waals surface area (Å²) in [6.45, 7) is 36.8. The maximum atomic E-state index is 2.81. The first kappa shape index (κ1) is 55.3. The molecule has 5 heteroatoms. The van der Waals surface area contributed by atoms with Gasteiger partial charge in [0.15, 0.2) is 0 Å². The third-order valence-electron chi connectivity index (χ3n) is 22.2. The molecule has 0 spiro atoms. The Morgan fingerprint density at radius 1 is 0.372 bits per heavy atom. The fraction of sp³-hybridized carbons (Fsp3) is 0.333. The molecule has 0 fully saturated rings. The Hall–Kier alpha value is -7.34. The van der Waals surface area contributed by atoms with Crippen molar-refractivity contribution in [1.82, 2.24) is 0 Å². The van der Waals surface area contributed by atoms with Gasteiger partial charge in [0, 0.05) is 55.3 Å². The number of rotatable bonds is 6. The first-order valence-electron chi connectivity index (χ1n) is 32.1. The number of fused-ring (bicyclic) bond motifs is 11. The van der Waals surface area contributed by atoms with E-state index in [-0.39, 0.29) is 39.2 Å². The van der Waals surface area contributed by atoms with Gasteiger partial charge in [-0.05, 0) is 236 Å². The molecule has 5 aliphatic rings. The standard InChI is InChI=1S/C81H84BN3S/c1-49-24-22-23-29-56(49)52-30-33-67-66(42-52)82-65-32-31-57-58-45-61-64(81(14,15)39-36-78(61,8)9)48-72(58)86-75(57)74(65)85(69-47-63-60(41-51(69)3)77(6,7)35-38-80(63,12)13)71-44-55(83(53-25-18-16-19-26-53)54-27-20-17-21-28-54)43-70(73(71)82)84(67)68-46-62-59(40-50(68)2)76(4,5)34-37-79(62,10)11/h16-33,40-48H,34-39H2,1-15H3. The lowest BCUT2D eigenvalue weighted by Crippen LogP contribution is -2.61. The van der Waals surface area contributed by atoms with Crippen molar-refractivity contribution in [3.63, 3.8) is 0 Å². The summed E-state index contributed by atoms with van der Waals surface area (Å²) < 4.78 is 2.75. The summed E-state index contributed by atoms with van der Waals surface area (Å²) in [7, 11) is 0. The van der Waals surface area contributed by atoms with E-state index in [0.717, 1.165) is 29.9 Å². The molecule has 0 unspecified atom stereocenters. The van der Waals surface area contributed by atoms with Crippen molar-refractivity contribution in [1.29, 1.82) is 0 Å². The van der Waals surface area contributed by atoms with Crippen LogP contribution in [-0.2, 0) is 32.5 Å². The van der Waals surface area contributed by atoms with Crippen LogP contribution in [0.2, 0.25) is 0 Å². The van der Waals surface area contributed by atoms with Crippen LogP contribution in [0.3, 0.4) is 0 Å². The highest BCUT2D eigenvalue weighted by Gasteiger charge is 2.48. The molecule has 0 atom stereocenters. The number of nitrogens with zero attached hydrogens (tertiary/aromatic N) is 3. The molecule has 2 aliphatic heterocycles. The first-order chi connectivity index (χ1) is 40.8. The lowest BCUT2D eigenvalue weighted by Gasteiger charge is -2.47. The number of aryl methyl sites for hydroxylation is 3. The van der Waals surface area contributed by atoms with Crippen LogP contribution in [0.4, 0.5) is 51.2 Å². The minimum Gasteiger partial charge on any atom is -0.311 e. The van der Waals surface area contributed by atoms with Crippen molar-refractivity contribution < 1.29 is 0 Å². The molecule has 10 aromatic rings. The minimum absolute atomic E-state index is 0.00427. The Morgan fingerprint density at radius 2 is 0.837 bits per heavy atom. The van der Waals surface area contributed by atoms with Gasteiger partial charge in [-0.2, -0.15) is 0 Å². The molecule has 0 radical (unpaired) electrons. The van der Waals surface area contributed by atoms with Crippen molar-refractivity contribution in [3.05, 3.63) is 214 Å². The Labute approximate surface area is 517 Å². The minimum atomic E-state index is -0.0975. The highest BCUT2D eigenvalue weighted by molar-refractivity contribution is 7.26. The molecule has 0 saturated carbocycles. The largest absolute Gasteiger partial charge is 0.311 e. The molecule has 0 bridgehead atoms. The molecular formula is C81H84BN3S. The molecule has 3 heterocycles. The summed E-state index contributed by atoms with van der Waals surface area (Å²) in [5.41, 5.74) is 30.7. The predicted molar refractivity (Wildman–Crippen MR) is 374 cm³/mol. The Bertz CT molecular complexity index is 4440. The second kappa shape index (κ2) is 18.8. The summed E-state index contributed by atoms with van der Waals surface area (Å²) in [5, 5.41) is 2.73. The van der Waals surface area contributed by atoms with Crippen LogP contribution >= 0.6 is 11.3 Å². The van der Waals surface area contributed by atoms with Crippen LogP contribution < -0.4 is 31.1 Å². The molecule has 0 amide bonds. The second-order valence-electron chi connectivity index (χ2n) is 30.6. The number of para-hydroxylation sites is 2. The average Bonchev–Trinajstić information content (AvgIpc) is 1.00. The third kappa shape index (κ3) is 8.25. The van der Waals surface area contributed by atoms with Gasteiger partial charge in [0.05, 0.1) is 16.1 Å². The number of hydrogen-bond acceptors (Lipinski definition) is 4. The molecule has 0 saturated heterocycles. The third-order valence-corrected chi connectivity index (χ3v) is 23.4. The van der Waals surface area contributed by atoms with Crippen LogP contribution in [0.15, 0.2) is 164 Å². The molecule has 15 rings (SSSR count). The van der Waals surface area contributed by atoms with E-state index in [1.54, 1.807) is 0 Å². The van der Waals surface area contributed by atoms with Crippen LogP contribution in [0, 0.1) is 20.8 Å². The molecule has 0 N–H and O–H groups in total. The van der Waals surface area contributed by atoms with Gasteiger partial charge in [0.2, 0.25) is 0 Å². The number of thiophene rings is 1. The maximum Gasteiger partial charge on any atom is 0.252 e. The highest BCUT2D eigenvalue weighted by atomic mass is 32.1. The predicted octanol–water partition coefficient (Wildman–Crippen LogP) is 21.2. The van der Waals surface area contributed by atoms with Crippen LogP contribution in [0.5, 0.6) is 0 Å². The van der Waals surface area contributed by atoms with E-state index in [2.05, 4.69) is 282 Å². The van der Waals surface area contributed by atoms with Crippen molar-refractivity contribution in [2.45, 2.75) is 175 Å². The molecule has 86 heavy (non-hydrogen) atoms. The fourth-order valence-electron chi connectivity index (χ4n) is 16.6. The Balaban J connectivity index is 1.13. The topological polar surface area (TPSA) is 9.72 Å². The van der Waals surface area contributed by atoms with Crippen LogP contribution in [0.25, 0.3) is 31.3 Å². The van der Waals surface area contributed by atoms with Crippen molar-refractivity contribution in [2.75, 3.05) is 14.7 Å². The van der Waals surface area contributed by atoms with Gasteiger partial charge in [0.1, 0.15) is 0 Å². The normalized spacial score (nSPS) is 18.6. The zero-order chi connectivity index (χ0) is 59.9. The number of hydrogen-bond donors (Lipinski definition) is 0. The summed E-state index contributed by atoms with van der Waals surface area (Å²) in [4.78, 5) is 8.04. The average molecular weight is 1140 g/mol. The molecular weight excluding hydrogens is 1060 g/mol. The fourth-order valence-corrected chi connectivity index (χ4v) is 17.8. The van der Waals surface area contributed by atoms with Gasteiger partial charge in [-0.3, -0.25) is 0 Å². The zero-order valence-corrected chi connectivity index (χ0v) is 54.5. The quantitative estimate of drug-likeness (QED) is 0.154. The smallest absolute Gasteiger partial charge is 0.252 e. The number of anilines is 9. The van der Waals surface area contributed by atoms with Gasteiger partial charge in [-0.25, -0.2) is 0 Å². The van der Waals surface area contributed by atoms with E-state index in [0.29, 0.717) is 0 Å². The van der Waals surface area contributed by atoms with E-state index >= 15 is 0 Å². The molecule has 1 aromatic heterocycles.